The number of hydrogen-bond acceptors (Lipinski definition) is 5. The van der Waals surface area contributed by atoms with Crippen LogP contribution in [-0.2, 0) is 6.61 Å². The highest BCUT2D eigenvalue weighted by atomic mass is 79.9. The molecule has 1 aliphatic rings. The normalized spacial score (nSPS) is 13.8. The van der Waals surface area contributed by atoms with E-state index in [9.17, 15) is 14.9 Å². The number of halogens is 1. The lowest BCUT2D eigenvalue weighted by atomic mass is 10.1. The van der Waals surface area contributed by atoms with E-state index in [1.165, 1.54) is 18.2 Å². The predicted molar refractivity (Wildman–Crippen MR) is 111 cm³/mol. The number of carbonyl (C=O) groups is 1. The zero-order valence-electron chi connectivity index (χ0n) is 15.0. The predicted octanol–water partition coefficient (Wildman–Crippen LogP) is 5.55. The van der Waals surface area contributed by atoms with Crippen molar-refractivity contribution < 1.29 is 19.2 Å². The number of non-ortho nitro benzene ring substituents is 1. The van der Waals surface area contributed by atoms with Gasteiger partial charge in [0, 0.05) is 22.7 Å². The molecule has 0 fully saturated rings. The second-order valence-corrected chi connectivity index (χ2v) is 7.28. The molecule has 7 heteroatoms. The van der Waals surface area contributed by atoms with Crippen molar-refractivity contribution in [2.75, 3.05) is 0 Å². The first-order valence-corrected chi connectivity index (χ1v) is 9.49. The summed E-state index contributed by atoms with van der Waals surface area (Å²) in [6, 6.07) is 18.8. The smallest absolute Gasteiger partial charge is 0.270 e. The molecule has 0 aromatic heterocycles. The number of nitro groups is 1. The molecule has 6 nitrogen and oxygen atoms in total. The van der Waals surface area contributed by atoms with Crippen LogP contribution in [0.4, 0.5) is 5.69 Å². The fraction of sp³-hybridized carbons (Fsp3) is 0.0455. The zero-order valence-corrected chi connectivity index (χ0v) is 16.6. The van der Waals surface area contributed by atoms with E-state index in [0.29, 0.717) is 29.2 Å². The van der Waals surface area contributed by atoms with Gasteiger partial charge in [-0.1, -0.05) is 40.2 Å². The van der Waals surface area contributed by atoms with Crippen molar-refractivity contribution in [3.63, 3.8) is 0 Å². The molecule has 0 amide bonds. The number of ether oxygens (including phenoxy) is 2. The van der Waals surface area contributed by atoms with E-state index in [1.54, 1.807) is 30.3 Å². The van der Waals surface area contributed by atoms with E-state index in [0.717, 1.165) is 10.0 Å². The minimum atomic E-state index is -0.483. The molecule has 4 rings (SSSR count). The topological polar surface area (TPSA) is 78.7 Å². The zero-order chi connectivity index (χ0) is 20.4. The molecule has 3 aromatic carbocycles. The summed E-state index contributed by atoms with van der Waals surface area (Å²) >= 11 is 3.39. The molecule has 29 heavy (non-hydrogen) atoms. The van der Waals surface area contributed by atoms with Crippen molar-refractivity contribution >= 4 is 33.5 Å². The van der Waals surface area contributed by atoms with Crippen molar-refractivity contribution in [2.24, 2.45) is 0 Å². The second kappa shape index (κ2) is 7.89. The summed E-state index contributed by atoms with van der Waals surface area (Å²) in [6.45, 7) is 0.385. The van der Waals surface area contributed by atoms with Crippen LogP contribution in [0, 0.1) is 10.1 Å². The Hall–Kier alpha value is -3.45. The van der Waals surface area contributed by atoms with Crippen LogP contribution in [0.1, 0.15) is 21.5 Å². The Bertz CT molecular complexity index is 1140. The number of carbonyl (C=O) groups excluding carboxylic acids is 1. The maximum absolute atomic E-state index is 12.6. The first-order valence-electron chi connectivity index (χ1n) is 8.69. The summed E-state index contributed by atoms with van der Waals surface area (Å²) in [7, 11) is 0. The minimum Gasteiger partial charge on any atom is -0.489 e. The summed E-state index contributed by atoms with van der Waals surface area (Å²) < 4.78 is 12.5. The molecule has 0 aliphatic carbocycles. The summed E-state index contributed by atoms with van der Waals surface area (Å²) in [4.78, 5) is 23.0. The molecule has 0 radical (unpaired) electrons. The van der Waals surface area contributed by atoms with E-state index < -0.39 is 4.92 Å². The van der Waals surface area contributed by atoms with E-state index in [2.05, 4.69) is 15.9 Å². The lowest BCUT2D eigenvalue weighted by molar-refractivity contribution is -0.384. The summed E-state index contributed by atoms with van der Waals surface area (Å²) in [5.41, 5.74) is 1.91. The van der Waals surface area contributed by atoms with Gasteiger partial charge < -0.3 is 9.47 Å². The van der Waals surface area contributed by atoms with Crippen LogP contribution < -0.4 is 9.47 Å². The number of hydrogen-bond donors (Lipinski definition) is 0. The van der Waals surface area contributed by atoms with Gasteiger partial charge in [-0.05, 0) is 41.5 Å². The van der Waals surface area contributed by atoms with Crippen LogP contribution in [0.5, 0.6) is 11.5 Å². The molecule has 0 N–H and O–H groups in total. The van der Waals surface area contributed by atoms with Gasteiger partial charge in [0.15, 0.2) is 5.76 Å². The number of ketones is 1. The SMILES string of the molecule is O=C1C(=Cc2cccc([N+](=O)[O-])c2)Oc2cc(OCc3ccc(Br)cc3)ccc21. The van der Waals surface area contributed by atoms with Crippen molar-refractivity contribution in [1.82, 2.24) is 0 Å². The molecule has 0 saturated carbocycles. The van der Waals surface area contributed by atoms with Crippen LogP contribution in [0.3, 0.4) is 0 Å². The third kappa shape index (κ3) is 4.20. The Labute approximate surface area is 174 Å². The third-order valence-electron chi connectivity index (χ3n) is 4.34. The van der Waals surface area contributed by atoms with Crippen molar-refractivity contribution in [1.29, 1.82) is 0 Å². The van der Waals surface area contributed by atoms with Gasteiger partial charge in [0.2, 0.25) is 5.78 Å². The molecule has 0 bridgehead atoms. The van der Waals surface area contributed by atoms with E-state index in [4.69, 9.17) is 9.47 Å². The Morgan fingerprint density at radius 1 is 1.07 bits per heavy atom. The second-order valence-electron chi connectivity index (χ2n) is 6.36. The summed E-state index contributed by atoms with van der Waals surface area (Å²) in [6.07, 6.45) is 1.50. The highest BCUT2D eigenvalue weighted by Gasteiger charge is 2.27. The van der Waals surface area contributed by atoms with Crippen molar-refractivity contribution in [3.05, 3.63) is 104 Å². The highest BCUT2D eigenvalue weighted by Crippen LogP contribution is 2.35. The van der Waals surface area contributed by atoms with E-state index in [-0.39, 0.29) is 17.2 Å². The first kappa shape index (κ1) is 18.9. The van der Waals surface area contributed by atoms with Gasteiger partial charge in [0.25, 0.3) is 5.69 Å². The van der Waals surface area contributed by atoms with Crippen LogP contribution in [0.15, 0.2) is 77.0 Å². The van der Waals surface area contributed by atoms with Crippen molar-refractivity contribution in [2.45, 2.75) is 6.61 Å². The quantitative estimate of drug-likeness (QED) is 0.288. The molecule has 0 saturated heterocycles. The van der Waals surface area contributed by atoms with Crippen LogP contribution in [0.25, 0.3) is 6.08 Å². The fourth-order valence-corrected chi connectivity index (χ4v) is 3.15. The lowest BCUT2D eigenvalue weighted by Gasteiger charge is -2.07. The lowest BCUT2D eigenvalue weighted by Crippen LogP contribution is -1.98. The molecule has 0 atom stereocenters. The maximum Gasteiger partial charge on any atom is 0.270 e. The Morgan fingerprint density at radius 3 is 2.62 bits per heavy atom. The molecule has 0 unspecified atom stereocenters. The Kier molecular flexibility index (Phi) is 5.14. The van der Waals surface area contributed by atoms with Crippen molar-refractivity contribution in [3.8, 4) is 11.5 Å². The molecule has 0 spiro atoms. The number of benzene rings is 3. The van der Waals surface area contributed by atoms with Crippen LogP contribution >= 0.6 is 15.9 Å². The van der Waals surface area contributed by atoms with Gasteiger partial charge >= 0.3 is 0 Å². The molecular weight excluding hydrogens is 438 g/mol. The van der Waals surface area contributed by atoms with Gasteiger partial charge in [0.1, 0.15) is 18.1 Å². The number of rotatable bonds is 5. The Morgan fingerprint density at radius 2 is 1.86 bits per heavy atom. The monoisotopic (exact) mass is 451 g/mol. The average Bonchev–Trinajstić information content (AvgIpc) is 3.02. The fourth-order valence-electron chi connectivity index (χ4n) is 2.88. The molecule has 1 aliphatic heterocycles. The number of fused-ring (bicyclic) bond motifs is 1. The summed E-state index contributed by atoms with van der Waals surface area (Å²) in [5.74, 6) is 0.826. The third-order valence-corrected chi connectivity index (χ3v) is 4.87. The van der Waals surface area contributed by atoms with Gasteiger partial charge in [-0.3, -0.25) is 14.9 Å². The van der Waals surface area contributed by atoms with E-state index in [1.807, 2.05) is 24.3 Å². The number of nitrogens with zero attached hydrogens (tertiary/aromatic N) is 1. The molecule has 3 aromatic rings. The van der Waals surface area contributed by atoms with Gasteiger partial charge in [-0.25, -0.2) is 0 Å². The molecule has 1 heterocycles. The number of allylic oxidation sites excluding steroid dienone is 1. The average molecular weight is 452 g/mol. The maximum atomic E-state index is 12.6. The largest absolute Gasteiger partial charge is 0.489 e. The van der Waals surface area contributed by atoms with Gasteiger partial charge in [-0.2, -0.15) is 0 Å². The van der Waals surface area contributed by atoms with Crippen LogP contribution in [-0.4, -0.2) is 10.7 Å². The molecular formula is C22H14BrNO5. The number of Topliss-reactive ketones (excluding diaryl/α,β-unsaturated/α-hetero) is 1. The highest BCUT2D eigenvalue weighted by molar-refractivity contribution is 9.10. The standard InChI is InChI=1S/C22H14BrNO5/c23-16-6-4-14(5-7-16)13-28-18-8-9-19-20(12-18)29-21(22(19)25)11-15-2-1-3-17(10-15)24(26)27/h1-12H,13H2. The number of nitro benzene ring substituents is 1. The van der Waals surface area contributed by atoms with Crippen LogP contribution in [0.2, 0.25) is 0 Å². The minimum absolute atomic E-state index is 0.0501. The van der Waals surface area contributed by atoms with Gasteiger partial charge in [0.05, 0.1) is 10.5 Å². The van der Waals surface area contributed by atoms with Gasteiger partial charge in [-0.15, -0.1) is 0 Å². The first-order chi connectivity index (χ1) is 14.0. The van der Waals surface area contributed by atoms with E-state index >= 15 is 0 Å². The molecule has 144 valence electrons. The summed E-state index contributed by atoms with van der Waals surface area (Å²) in [5, 5.41) is 10.9. The Balaban J connectivity index is 1.51.